The molecule has 2 unspecified atom stereocenters. The summed E-state index contributed by atoms with van der Waals surface area (Å²) in [6, 6.07) is 13.7. The van der Waals surface area contributed by atoms with Gasteiger partial charge in [-0.2, -0.15) is 0 Å². The molecule has 0 aliphatic carbocycles. The van der Waals surface area contributed by atoms with Crippen LogP contribution in [0.2, 0.25) is 10.0 Å². The first-order chi connectivity index (χ1) is 14.6. The zero-order chi connectivity index (χ0) is 22.8. The zero-order valence-electron chi connectivity index (χ0n) is 19.1. The van der Waals surface area contributed by atoms with Crippen LogP contribution >= 0.6 is 23.2 Å². The molecule has 2 aromatic carbocycles. The molecule has 2 aromatic rings. The summed E-state index contributed by atoms with van der Waals surface area (Å²) in [5.74, 6) is 0. The molecule has 2 amide bonds. The van der Waals surface area contributed by atoms with E-state index in [4.69, 9.17) is 23.2 Å². The largest absolute Gasteiger partial charge is 0.331 e. The molecule has 31 heavy (non-hydrogen) atoms. The molecular weight excluding hydrogens is 429 g/mol. The number of nitrogens with one attached hydrogen (secondary N) is 1. The number of hydrogen-bond donors (Lipinski definition) is 1. The predicted molar refractivity (Wildman–Crippen MR) is 130 cm³/mol. The smallest absolute Gasteiger partial charge is 0.318 e. The van der Waals surface area contributed by atoms with Gasteiger partial charge in [0, 0.05) is 19.1 Å². The van der Waals surface area contributed by atoms with Gasteiger partial charge < -0.3 is 15.1 Å². The second kappa shape index (κ2) is 9.81. The molecule has 1 fully saturated rings. The summed E-state index contributed by atoms with van der Waals surface area (Å²) in [7, 11) is 2.14. The summed E-state index contributed by atoms with van der Waals surface area (Å²) in [5, 5.41) is 4.16. The third-order valence-corrected chi connectivity index (χ3v) is 7.06. The van der Waals surface area contributed by atoms with Crippen LogP contribution in [0.25, 0.3) is 0 Å². The SMILES string of the molecule is Cc1cccc(CN(C(=O)NC(C)c2cccc(Cl)c2Cl)C2CCN(C)CC2(C)C)c1. The number of nitrogens with zero attached hydrogens (tertiary/aromatic N) is 2. The van der Waals surface area contributed by atoms with Gasteiger partial charge in [-0.1, -0.05) is 79.0 Å². The summed E-state index contributed by atoms with van der Waals surface area (Å²) in [4.78, 5) is 18.0. The van der Waals surface area contributed by atoms with E-state index >= 15 is 0 Å². The molecule has 1 saturated heterocycles. The van der Waals surface area contributed by atoms with Crippen molar-refractivity contribution in [3.63, 3.8) is 0 Å². The molecule has 0 radical (unpaired) electrons. The first kappa shape index (κ1) is 23.9. The van der Waals surface area contributed by atoms with Crippen LogP contribution in [0.15, 0.2) is 42.5 Å². The number of carbonyl (C=O) groups is 1. The van der Waals surface area contributed by atoms with Crippen molar-refractivity contribution >= 4 is 29.2 Å². The molecule has 0 saturated carbocycles. The second-order valence-electron chi connectivity index (χ2n) is 9.46. The minimum Gasteiger partial charge on any atom is -0.331 e. The minimum atomic E-state index is -0.256. The number of piperidine rings is 1. The quantitative estimate of drug-likeness (QED) is 0.566. The highest BCUT2D eigenvalue weighted by atomic mass is 35.5. The van der Waals surface area contributed by atoms with Crippen LogP contribution in [0.5, 0.6) is 0 Å². The van der Waals surface area contributed by atoms with Gasteiger partial charge in [-0.3, -0.25) is 0 Å². The highest BCUT2D eigenvalue weighted by molar-refractivity contribution is 6.42. The molecule has 2 atom stereocenters. The van der Waals surface area contributed by atoms with Crippen molar-refractivity contribution in [3.8, 4) is 0 Å². The topological polar surface area (TPSA) is 35.6 Å². The lowest BCUT2D eigenvalue weighted by molar-refractivity contribution is 0.0300. The monoisotopic (exact) mass is 461 g/mol. The lowest BCUT2D eigenvalue weighted by Crippen LogP contribution is -2.58. The predicted octanol–water partition coefficient (Wildman–Crippen LogP) is 6.30. The molecule has 168 valence electrons. The number of likely N-dealkylation sites (tertiary alicyclic amines) is 1. The van der Waals surface area contributed by atoms with Crippen molar-refractivity contribution in [2.45, 2.75) is 52.7 Å². The van der Waals surface area contributed by atoms with Gasteiger partial charge >= 0.3 is 6.03 Å². The van der Waals surface area contributed by atoms with Crippen LogP contribution in [0, 0.1) is 12.3 Å². The number of hydrogen-bond acceptors (Lipinski definition) is 2. The fraction of sp³-hybridized carbons (Fsp3) is 0.480. The third kappa shape index (κ3) is 5.74. The van der Waals surface area contributed by atoms with E-state index < -0.39 is 0 Å². The molecule has 4 nitrogen and oxygen atoms in total. The maximum Gasteiger partial charge on any atom is 0.318 e. The van der Waals surface area contributed by atoms with E-state index in [9.17, 15) is 4.79 Å². The Hall–Kier alpha value is -1.75. The summed E-state index contributed by atoms with van der Waals surface area (Å²) in [5.41, 5.74) is 3.13. The maximum atomic E-state index is 13.6. The average Bonchev–Trinajstić information content (AvgIpc) is 2.68. The molecule has 0 aromatic heterocycles. The van der Waals surface area contributed by atoms with E-state index in [2.05, 4.69) is 62.3 Å². The molecule has 1 N–H and O–H groups in total. The van der Waals surface area contributed by atoms with E-state index in [0.717, 1.165) is 30.6 Å². The Morgan fingerprint density at radius 3 is 2.65 bits per heavy atom. The molecule has 6 heteroatoms. The highest BCUT2D eigenvalue weighted by Gasteiger charge is 2.40. The number of carbonyl (C=O) groups excluding carboxylic acids is 1. The van der Waals surface area contributed by atoms with E-state index in [1.807, 2.05) is 24.0 Å². The summed E-state index contributed by atoms with van der Waals surface area (Å²) in [6.45, 7) is 11.0. The molecular formula is C25H33Cl2N3O. The summed E-state index contributed by atoms with van der Waals surface area (Å²) in [6.07, 6.45) is 0.940. The minimum absolute atomic E-state index is 0.0227. The fourth-order valence-corrected chi connectivity index (χ4v) is 5.19. The number of halogens is 2. The first-order valence-corrected chi connectivity index (χ1v) is 11.6. The Kier molecular flexibility index (Phi) is 7.56. The van der Waals surface area contributed by atoms with Crippen LogP contribution < -0.4 is 5.32 Å². The third-order valence-electron chi connectivity index (χ3n) is 6.22. The molecule has 0 bridgehead atoms. The van der Waals surface area contributed by atoms with Gasteiger partial charge in [-0.05, 0) is 56.5 Å². The number of benzene rings is 2. The molecule has 3 rings (SSSR count). The standard InChI is InChI=1S/C25H33Cl2N3O/c1-17-8-6-9-19(14-17)15-30(22-12-13-29(5)16-25(22,3)4)24(31)28-18(2)20-10-7-11-21(26)23(20)27/h6-11,14,18,22H,12-13,15-16H2,1-5H3,(H,28,31). The Bertz CT molecular complexity index is 931. The molecule has 1 aliphatic heterocycles. The van der Waals surface area contributed by atoms with Gasteiger partial charge in [-0.25, -0.2) is 4.79 Å². The Labute approximate surface area is 196 Å². The number of rotatable bonds is 5. The van der Waals surface area contributed by atoms with Gasteiger partial charge in [0.2, 0.25) is 0 Å². The lowest BCUT2D eigenvalue weighted by atomic mass is 9.78. The normalized spacial score (nSPS) is 19.6. The number of aryl methyl sites for hydroxylation is 1. The Morgan fingerprint density at radius 2 is 1.97 bits per heavy atom. The van der Waals surface area contributed by atoms with Crippen molar-refractivity contribution < 1.29 is 4.79 Å². The average molecular weight is 462 g/mol. The van der Waals surface area contributed by atoms with Crippen molar-refractivity contribution in [3.05, 3.63) is 69.2 Å². The van der Waals surface area contributed by atoms with Crippen molar-refractivity contribution in [1.29, 1.82) is 0 Å². The van der Waals surface area contributed by atoms with Gasteiger partial charge in [-0.15, -0.1) is 0 Å². The number of urea groups is 1. The van der Waals surface area contributed by atoms with E-state index in [1.54, 1.807) is 6.07 Å². The maximum absolute atomic E-state index is 13.6. The lowest BCUT2D eigenvalue weighted by Gasteiger charge is -2.48. The van der Waals surface area contributed by atoms with E-state index in [1.165, 1.54) is 5.56 Å². The molecule has 1 aliphatic rings. The first-order valence-electron chi connectivity index (χ1n) is 10.8. The number of amides is 2. The van der Waals surface area contributed by atoms with Crippen molar-refractivity contribution in [1.82, 2.24) is 15.1 Å². The van der Waals surface area contributed by atoms with E-state index in [-0.39, 0.29) is 23.5 Å². The van der Waals surface area contributed by atoms with Crippen molar-refractivity contribution in [2.24, 2.45) is 5.41 Å². The molecule has 1 heterocycles. The Morgan fingerprint density at radius 1 is 1.26 bits per heavy atom. The van der Waals surface area contributed by atoms with Crippen LogP contribution in [-0.4, -0.2) is 42.0 Å². The van der Waals surface area contributed by atoms with Gasteiger partial charge in [0.25, 0.3) is 0 Å². The van der Waals surface area contributed by atoms with Crippen LogP contribution in [0.4, 0.5) is 4.79 Å². The van der Waals surface area contributed by atoms with Crippen LogP contribution in [-0.2, 0) is 6.54 Å². The summed E-state index contributed by atoms with van der Waals surface area (Å²) < 4.78 is 0. The summed E-state index contributed by atoms with van der Waals surface area (Å²) >= 11 is 12.6. The fourth-order valence-electron chi connectivity index (χ4n) is 4.72. The molecule has 0 spiro atoms. The van der Waals surface area contributed by atoms with E-state index in [0.29, 0.717) is 16.6 Å². The second-order valence-corrected chi connectivity index (χ2v) is 10.2. The van der Waals surface area contributed by atoms with Crippen molar-refractivity contribution in [2.75, 3.05) is 20.1 Å². The zero-order valence-corrected chi connectivity index (χ0v) is 20.6. The van der Waals surface area contributed by atoms with Gasteiger partial charge in [0.15, 0.2) is 0 Å². The van der Waals surface area contributed by atoms with Gasteiger partial charge in [0.05, 0.1) is 16.1 Å². The van der Waals surface area contributed by atoms with Crippen LogP contribution in [0.3, 0.4) is 0 Å². The van der Waals surface area contributed by atoms with Gasteiger partial charge in [0.1, 0.15) is 0 Å². The Balaban J connectivity index is 1.87. The highest BCUT2D eigenvalue weighted by Crippen LogP contribution is 2.34. The van der Waals surface area contributed by atoms with Crippen LogP contribution in [0.1, 0.15) is 49.9 Å².